The average Bonchev–Trinajstić information content (AvgIpc) is 3.19. The molecule has 0 saturated heterocycles. The number of thioether (sulfide) groups is 1. The van der Waals surface area contributed by atoms with Gasteiger partial charge in [0.25, 0.3) is 5.91 Å². The van der Waals surface area contributed by atoms with Crippen molar-refractivity contribution in [2.45, 2.75) is 56.6 Å². The number of carboxylic acids is 1. The maximum absolute atomic E-state index is 13.0. The molecule has 3 atom stereocenters. The fourth-order valence-electron chi connectivity index (χ4n) is 3.12. The quantitative estimate of drug-likeness (QED) is 0.523. The lowest BCUT2D eigenvalue weighted by Crippen LogP contribution is -2.52. The lowest BCUT2D eigenvalue weighted by Gasteiger charge is -2.24. The average molecular weight is 459 g/mol. The molecule has 0 aromatic heterocycles. The molecule has 0 saturated carbocycles. The minimum absolute atomic E-state index is 0.00839. The van der Waals surface area contributed by atoms with E-state index in [9.17, 15) is 32.7 Å². The van der Waals surface area contributed by atoms with Crippen LogP contribution in [0.3, 0.4) is 0 Å². The van der Waals surface area contributed by atoms with Gasteiger partial charge in [-0.3, -0.25) is 9.59 Å². The molecule has 2 amide bonds. The van der Waals surface area contributed by atoms with Gasteiger partial charge in [-0.15, -0.1) is 11.8 Å². The van der Waals surface area contributed by atoms with Gasteiger partial charge in [0, 0.05) is 10.8 Å². The summed E-state index contributed by atoms with van der Waals surface area (Å²) in [5.41, 5.74) is -1.21. The number of hydrogen-bond donors (Lipinski definition) is 3. The molecule has 1 aliphatic rings. The van der Waals surface area contributed by atoms with Crippen LogP contribution in [0.4, 0.5) is 13.2 Å². The van der Waals surface area contributed by atoms with Crippen molar-refractivity contribution in [3.63, 3.8) is 0 Å². The minimum Gasteiger partial charge on any atom is -0.480 e. The van der Waals surface area contributed by atoms with Gasteiger partial charge >= 0.3 is 12.1 Å². The van der Waals surface area contributed by atoms with E-state index >= 15 is 0 Å². The Morgan fingerprint density at radius 3 is 2.45 bits per heavy atom. The van der Waals surface area contributed by atoms with Crippen LogP contribution in [-0.2, 0) is 15.8 Å². The van der Waals surface area contributed by atoms with Crippen molar-refractivity contribution in [2.24, 2.45) is 5.92 Å². The molecule has 1 unspecified atom stereocenters. The molecule has 1 aromatic rings. The predicted molar refractivity (Wildman–Crippen MR) is 111 cm³/mol. The molecule has 6 nitrogen and oxygen atoms in total. The molecule has 170 valence electrons. The van der Waals surface area contributed by atoms with E-state index in [0.29, 0.717) is 6.42 Å². The number of nitrogens with one attached hydrogen (secondary N) is 2. The van der Waals surface area contributed by atoms with Gasteiger partial charge in [0.2, 0.25) is 5.91 Å². The van der Waals surface area contributed by atoms with Crippen LogP contribution >= 0.6 is 11.8 Å². The Morgan fingerprint density at radius 1 is 1.19 bits per heavy atom. The monoisotopic (exact) mass is 458 g/mol. The molecule has 0 aliphatic carbocycles. The second kappa shape index (κ2) is 10.7. The summed E-state index contributed by atoms with van der Waals surface area (Å²) < 4.78 is 38.9. The van der Waals surface area contributed by atoms with Gasteiger partial charge in [-0.2, -0.15) is 13.2 Å². The van der Waals surface area contributed by atoms with Crippen molar-refractivity contribution in [1.82, 2.24) is 10.6 Å². The zero-order chi connectivity index (χ0) is 23.2. The molecule has 2 rings (SSSR count). The highest BCUT2D eigenvalue weighted by atomic mass is 32.2. The highest BCUT2D eigenvalue weighted by Gasteiger charge is 2.32. The van der Waals surface area contributed by atoms with E-state index in [0.717, 1.165) is 18.2 Å². The van der Waals surface area contributed by atoms with E-state index in [4.69, 9.17) is 0 Å². The van der Waals surface area contributed by atoms with Crippen LogP contribution in [-0.4, -0.2) is 40.2 Å². The molecule has 0 radical (unpaired) electrons. The standard InChI is InChI=1S/C21H25F3N2O4S/c1-12(2)9-17(20(29)30)26-19(28)16(11-15-7-4-8-31-15)25-18(27)13-5-3-6-14(10-13)21(22,23)24/h3-6,8,10,12,15-17H,7,9,11H2,1-2H3,(H,25,27)(H,26,28)(H,29,30)/t15?,16-,17-/m0/s1. The first-order valence-corrected chi connectivity index (χ1v) is 10.7. The van der Waals surface area contributed by atoms with Crippen molar-refractivity contribution in [3.05, 3.63) is 46.9 Å². The molecule has 10 heteroatoms. The molecule has 1 heterocycles. The third-order valence-corrected chi connectivity index (χ3v) is 5.78. The number of carbonyl (C=O) groups is 3. The molecule has 0 spiro atoms. The number of benzene rings is 1. The lowest BCUT2D eigenvalue weighted by atomic mass is 10.0. The topological polar surface area (TPSA) is 95.5 Å². The predicted octanol–water partition coefficient (Wildman–Crippen LogP) is 3.83. The number of carbonyl (C=O) groups excluding carboxylic acids is 2. The van der Waals surface area contributed by atoms with E-state index in [2.05, 4.69) is 10.6 Å². The smallest absolute Gasteiger partial charge is 0.416 e. The molecule has 1 aliphatic heterocycles. The molecular weight excluding hydrogens is 433 g/mol. The number of hydrogen-bond acceptors (Lipinski definition) is 4. The number of alkyl halides is 3. The first-order chi connectivity index (χ1) is 14.5. The Morgan fingerprint density at radius 2 is 1.90 bits per heavy atom. The first-order valence-electron chi connectivity index (χ1n) is 9.79. The van der Waals surface area contributed by atoms with Crippen molar-refractivity contribution in [1.29, 1.82) is 0 Å². The Hall–Kier alpha value is -2.49. The van der Waals surface area contributed by atoms with Crippen LogP contribution in [0.1, 0.15) is 49.0 Å². The zero-order valence-electron chi connectivity index (χ0n) is 17.1. The van der Waals surface area contributed by atoms with Crippen LogP contribution in [0.25, 0.3) is 0 Å². The molecule has 0 fully saturated rings. The van der Waals surface area contributed by atoms with Crippen LogP contribution in [0.5, 0.6) is 0 Å². The van der Waals surface area contributed by atoms with E-state index in [1.165, 1.54) is 17.8 Å². The molecule has 0 bridgehead atoms. The van der Waals surface area contributed by atoms with Crippen LogP contribution in [0, 0.1) is 5.92 Å². The molecule has 3 N–H and O–H groups in total. The largest absolute Gasteiger partial charge is 0.480 e. The van der Waals surface area contributed by atoms with Crippen LogP contribution in [0.15, 0.2) is 35.7 Å². The lowest BCUT2D eigenvalue weighted by molar-refractivity contribution is -0.142. The summed E-state index contributed by atoms with van der Waals surface area (Å²) in [5, 5.41) is 16.2. The van der Waals surface area contributed by atoms with Crippen molar-refractivity contribution >= 4 is 29.5 Å². The number of carboxylic acid groups (broad SMARTS) is 1. The van der Waals surface area contributed by atoms with E-state index in [1.807, 2.05) is 25.3 Å². The molecule has 31 heavy (non-hydrogen) atoms. The summed E-state index contributed by atoms with van der Waals surface area (Å²) in [6.07, 6.45) is -1.61. The summed E-state index contributed by atoms with van der Waals surface area (Å²) >= 11 is 1.48. The van der Waals surface area contributed by atoms with Crippen molar-refractivity contribution in [3.8, 4) is 0 Å². The first kappa shape index (κ1) is 24.8. The van der Waals surface area contributed by atoms with Gasteiger partial charge in [0.1, 0.15) is 12.1 Å². The summed E-state index contributed by atoms with van der Waals surface area (Å²) in [6.45, 7) is 3.63. The van der Waals surface area contributed by atoms with E-state index < -0.39 is 41.6 Å². The molecular formula is C21H25F3N2O4S. The van der Waals surface area contributed by atoms with Gasteiger partial charge in [0.05, 0.1) is 5.56 Å². The Balaban J connectivity index is 2.18. The summed E-state index contributed by atoms with van der Waals surface area (Å²) in [4.78, 5) is 36.9. The maximum atomic E-state index is 13.0. The van der Waals surface area contributed by atoms with Crippen molar-refractivity contribution < 1.29 is 32.7 Å². The highest BCUT2D eigenvalue weighted by Crippen LogP contribution is 2.30. The van der Waals surface area contributed by atoms with Gasteiger partial charge < -0.3 is 15.7 Å². The number of aliphatic carboxylic acids is 1. The summed E-state index contributed by atoms with van der Waals surface area (Å²) in [6, 6.07) is 1.69. The maximum Gasteiger partial charge on any atom is 0.416 e. The Kier molecular flexibility index (Phi) is 8.55. The van der Waals surface area contributed by atoms with Crippen LogP contribution < -0.4 is 10.6 Å². The summed E-state index contributed by atoms with van der Waals surface area (Å²) in [7, 11) is 0. The third kappa shape index (κ3) is 7.61. The second-order valence-electron chi connectivity index (χ2n) is 7.73. The van der Waals surface area contributed by atoms with Gasteiger partial charge in [-0.25, -0.2) is 4.79 Å². The number of halogens is 3. The summed E-state index contributed by atoms with van der Waals surface area (Å²) in [5.74, 6) is -2.70. The van der Waals surface area contributed by atoms with Gasteiger partial charge in [-0.05, 0) is 48.8 Å². The van der Waals surface area contributed by atoms with Crippen LogP contribution in [0.2, 0.25) is 0 Å². The number of rotatable bonds is 9. The highest BCUT2D eigenvalue weighted by molar-refractivity contribution is 8.03. The Labute approximate surface area is 182 Å². The van der Waals surface area contributed by atoms with Gasteiger partial charge in [-0.1, -0.05) is 26.0 Å². The Bertz CT molecular complexity index is 834. The third-order valence-electron chi connectivity index (χ3n) is 4.66. The minimum atomic E-state index is -4.61. The normalized spacial score (nSPS) is 17.9. The zero-order valence-corrected chi connectivity index (χ0v) is 17.9. The van der Waals surface area contributed by atoms with Gasteiger partial charge in [0.15, 0.2) is 0 Å². The molecule has 1 aromatic carbocycles. The SMILES string of the molecule is CC(C)C[C@H](NC(=O)[C@H](CC1CC=CS1)NC(=O)c1cccc(C(F)(F)F)c1)C(=O)O. The van der Waals surface area contributed by atoms with Crippen molar-refractivity contribution in [2.75, 3.05) is 0 Å². The number of allylic oxidation sites excluding steroid dienone is 1. The second-order valence-corrected chi connectivity index (χ2v) is 8.95. The fraction of sp³-hybridized carbons (Fsp3) is 0.476. The van der Waals surface area contributed by atoms with E-state index in [-0.39, 0.29) is 29.6 Å². The number of amides is 2. The van der Waals surface area contributed by atoms with E-state index in [1.54, 1.807) is 0 Å². The fourth-order valence-corrected chi connectivity index (χ4v) is 4.09.